The van der Waals surface area contributed by atoms with Gasteiger partial charge in [0, 0.05) is 12.3 Å². The molecule has 2 aromatic carbocycles. The van der Waals surface area contributed by atoms with Crippen LogP contribution in [0.25, 0.3) is 0 Å². The Labute approximate surface area is 137 Å². The Morgan fingerprint density at radius 1 is 0.957 bits per heavy atom. The monoisotopic (exact) mass is 311 g/mol. The Morgan fingerprint density at radius 2 is 1.65 bits per heavy atom. The molecule has 2 nitrogen and oxygen atoms in total. The maximum Gasteiger partial charge on any atom is 0.123 e. The zero-order valence-corrected chi connectivity index (χ0v) is 13.2. The van der Waals surface area contributed by atoms with Crippen LogP contribution < -0.4 is 4.74 Å². The van der Waals surface area contributed by atoms with Crippen LogP contribution in [0.5, 0.6) is 5.75 Å². The van der Waals surface area contributed by atoms with Gasteiger partial charge in [-0.15, -0.1) is 0 Å². The highest BCUT2D eigenvalue weighted by atomic mass is 19.1. The van der Waals surface area contributed by atoms with Crippen molar-refractivity contribution in [3.8, 4) is 5.75 Å². The molecule has 0 saturated heterocycles. The zero-order valence-electron chi connectivity index (χ0n) is 13.2. The third-order valence-corrected chi connectivity index (χ3v) is 4.21. The maximum atomic E-state index is 12.8. The van der Waals surface area contributed by atoms with Crippen LogP contribution in [-0.2, 0) is 6.61 Å². The molecule has 0 N–H and O–H groups in total. The normalized spacial score (nSPS) is 15.9. The van der Waals surface area contributed by atoms with Gasteiger partial charge >= 0.3 is 0 Å². The maximum absolute atomic E-state index is 12.8. The summed E-state index contributed by atoms with van der Waals surface area (Å²) in [6.45, 7) is 0.440. The Hall–Kier alpha value is -2.16. The van der Waals surface area contributed by atoms with Crippen molar-refractivity contribution in [3.05, 3.63) is 65.5 Å². The van der Waals surface area contributed by atoms with Crippen LogP contribution in [0.2, 0.25) is 0 Å². The van der Waals surface area contributed by atoms with E-state index in [0.29, 0.717) is 12.6 Å². The van der Waals surface area contributed by atoms with E-state index in [-0.39, 0.29) is 5.82 Å². The van der Waals surface area contributed by atoms with Crippen LogP contribution in [0, 0.1) is 5.82 Å². The van der Waals surface area contributed by atoms with Crippen molar-refractivity contribution in [1.82, 2.24) is 0 Å². The van der Waals surface area contributed by atoms with Crippen molar-refractivity contribution in [2.45, 2.75) is 44.8 Å². The van der Waals surface area contributed by atoms with Crippen molar-refractivity contribution in [3.63, 3.8) is 0 Å². The lowest BCUT2D eigenvalue weighted by Gasteiger charge is -2.17. The van der Waals surface area contributed by atoms with Gasteiger partial charge in [0.25, 0.3) is 0 Å². The predicted molar refractivity (Wildman–Crippen MR) is 91.6 cm³/mol. The Balaban J connectivity index is 1.52. The molecule has 0 spiro atoms. The molecule has 1 aliphatic carbocycles. The molecular weight excluding hydrogens is 289 g/mol. The summed E-state index contributed by atoms with van der Waals surface area (Å²) >= 11 is 0. The fourth-order valence-corrected chi connectivity index (χ4v) is 2.82. The Bertz CT molecular complexity index is 628. The summed E-state index contributed by atoms with van der Waals surface area (Å²) < 4.78 is 18.6. The topological polar surface area (TPSA) is 21.6 Å². The molecule has 1 fully saturated rings. The van der Waals surface area contributed by atoms with Gasteiger partial charge in [0.2, 0.25) is 0 Å². The third kappa shape index (κ3) is 4.92. The quantitative estimate of drug-likeness (QED) is 0.699. The lowest BCUT2D eigenvalue weighted by atomic mass is 9.96. The second kappa shape index (κ2) is 7.91. The minimum Gasteiger partial charge on any atom is -0.489 e. The van der Waals surface area contributed by atoms with Gasteiger partial charge < -0.3 is 4.74 Å². The van der Waals surface area contributed by atoms with Crippen molar-refractivity contribution >= 4 is 6.21 Å². The van der Waals surface area contributed by atoms with E-state index in [1.165, 1.54) is 44.2 Å². The molecule has 2 aromatic rings. The first kappa shape index (κ1) is 15.7. The average molecular weight is 311 g/mol. The SMILES string of the molecule is Fc1ccc(COc2ccc(/C=N/C3CCCCC3)cc2)cc1. The van der Waals surface area contributed by atoms with Gasteiger partial charge in [-0.05, 0) is 60.4 Å². The zero-order chi connectivity index (χ0) is 15.9. The lowest BCUT2D eigenvalue weighted by molar-refractivity contribution is 0.306. The number of benzene rings is 2. The van der Waals surface area contributed by atoms with Crippen molar-refractivity contribution in [1.29, 1.82) is 0 Å². The van der Waals surface area contributed by atoms with E-state index in [2.05, 4.69) is 4.99 Å². The number of hydrogen-bond donors (Lipinski definition) is 0. The third-order valence-electron chi connectivity index (χ3n) is 4.21. The Morgan fingerprint density at radius 3 is 2.35 bits per heavy atom. The highest BCUT2D eigenvalue weighted by molar-refractivity contribution is 5.79. The molecule has 3 rings (SSSR count). The first-order valence-corrected chi connectivity index (χ1v) is 8.30. The smallest absolute Gasteiger partial charge is 0.123 e. The lowest BCUT2D eigenvalue weighted by Crippen LogP contribution is -2.09. The first-order valence-electron chi connectivity index (χ1n) is 8.30. The Kier molecular flexibility index (Phi) is 5.41. The molecule has 0 unspecified atom stereocenters. The van der Waals surface area contributed by atoms with E-state index >= 15 is 0 Å². The fourth-order valence-electron chi connectivity index (χ4n) is 2.82. The number of hydrogen-bond acceptors (Lipinski definition) is 2. The molecular formula is C20H22FNO. The molecule has 3 heteroatoms. The number of rotatable bonds is 5. The van der Waals surface area contributed by atoms with Crippen molar-refractivity contribution in [2.75, 3.05) is 0 Å². The summed E-state index contributed by atoms with van der Waals surface area (Å²) in [7, 11) is 0. The van der Waals surface area contributed by atoms with Crippen LogP contribution in [-0.4, -0.2) is 12.3 Å². The predicted octanol–water partition coefficient (Wildman–Crippen LogP) is 5.16. The molecule has 1 aliphatic rings. The van der Waals surface area contributed by atoms with E-state index in [1.54, 1.807) is 12.1 Å². The average Bonchev–Trinajstić information content (AvgIpc) is 2.61. The van der Waals surface area contributed by atoms with Crippen LogP contribution in [0.15, 0.2) is 53.5 Å². The van der Waals surface area contributed by atoms with Gasteiger partial charge in [-0.2, -0.15) is 0 Å². The van der Waals surface area contributed by atoms with Crippen LogP contribution in [0.4, 0.5) is 4.39 Å². The van der Waals surface area contributed by atoms with Crippen LogP contribution >= 0.6 is 0 Å². The molecule has 0 bridgehead atoms. The van der Waals surface area contributed by atoms with Gasteiger partial charge in [0.05, 0.1) is 0 Å². The summed E-state index contributed by atoms with van der Waals surface area (Å²) in [5, 5.41) is 0. The standard InChI is InChI=1S/C20H22FNO/c21-18-10-6-17(7-11-18)15-23-20-12-8-16(9-13-20)14-22-19-4-2-1-3-5-19/h6-14,19H,1-5,15H2/b22-14+. The summed E-state index contributed by atoms with van der Waals surface area (Å²) in [4.78, 5) is 4.68. The number of halogens is 1. The van der Waals surface area contributed by atoms with E-state index < -0.39 is 0 Å². The molecule has 0 aromatic heterocycles. The largest absolute Gasteiger partial charge is 0.489 e. The summed E-state index contributed by atoms with van der Waals surface area (Å²) in [5.74, 6) is 0.583. The molecule has 120 valence electrons. The van der Waals surface area contributed by atoms with E-state index in [1.807, 2.05) is 30.5 Å². The van der Waals surface area contributed by atoms with E-state index in [9.17, 15) is 4.39 Å². The molecule has 23 heavy (non-hydrogen) atoms. The molecule has 0 aliphatic heterocycles. The first-order chi connectivity index (χ1) is 11.3. The number of ether oxygens (including phenoxy) is 1. The number of aliphatic imine (C=N–C) groups is 1. The van der Waals surface area contributed by atoms with Gasteiger partial charge in [-0.25, -0.2) is 4.39 Å². The summed E-state index contributed by atoms with van der Waals surface area (Å²) in [6, 6.07) is 14.8. The molecule has 0 radical (unpaired) electrons. The minimum atomic E-state index is -0.227. The van der Waals surface area contributed by atoms with Crippen LogP contribution in [0.1, 0.15) is 43.2 Å². The highest BCUT2D eigenvalue weighted by Crippen LogP contribution is 2.20. The summed E-state index contributed by atoms with van der Waals surface area (Å²) in [5.41, 5.74) is 2.05. The molecule has 1 saturated carbocycles. The number of nitrogens with zero attached hydrogens (tertiary/aromatic N) is 1. The van der Waals surface area contributed by atoms with Gasteiger partial charge in [-0.1, -0.05) is 31.4 Å². The van der Waals surface area contributed by atoms with Gasteiger partial charge in [0.1, 0.15) is 18.2 Å². The second-order valence-corrected chi connectivity index (χ2v) is 6.05. The van der Waals surface area contributed by atoms with E-state index in [4.69, 9.17) is 4.74 Å². The summed E-state index contributed by atoms with van der Waals surface area (Å²) in [6.07, 6.45) is 8.37. The van der Waals surface area contributed by atoms with Crippen LogP contribution in [0.3, 0.4) is 0 Å². The second-order valence-electron chi connectivity index (χ2n) is 6.05. The van der Waals surface area contributed by atoms with Crippen molar-refractivity contribution in [2.24, 2.45) is 4.99 Å². The molecule has 0 atom stereocenters. The minimum absolute atomic E-state index is 0.227. The van der Waals surface area contributed by atoms with Gasteiger partial charge in [-0.3, -0.25) is 4.99 Å². The molecule has 0 amide bonds. The highest BCUT2D eigenvalue weighted by Gasteiger charge is 2.10. The van der Waals surface area contributed by atoms with E-state index in [0.717, 1.165) is 16.9 Å². The van der Waals surface area contributed by atoms with Gasteiger partial charge in [0.15, 0.2) is 0 Å². The van der Waals surface area contributed by atoms with Crippen molar-refractivity contribution < 1.29 is 9.13 Å². The molecule has 0 heterocycles. The fraction of sp³-hybridized carbons (Fsp3) is 0.350.